The third-order valence-corrected chi connectivity index (χ3v) is 6.25. The van der Waals surface area contributed by atoms with Gasteiger partial charge in [0.1, 0.15) is 11.6 Å². The molecule has 1 atom stereocenters. The van der Waals surface area contributed by atoms with E-state index in [4.69, 9.17) is 22.1 Å². The molecule has 4 heterocycles. The maximum atomic E-state index is 9.29. The van der Waals surface area contributed by atoms with Crippen LogP contribution in [0.15, 0.2) is 48.9 Å². The van der Waals surface area contributed by atoms with E-state index in [0.717, 1.165) is 52.9 Å². The first-order valence-electron chi connectivity index (χ1n) is 10.9. The molecule has 0 saturated carbocycles. The van der Waals surface area contributed by atoms with E-state index < -0.39 is 0 Å². The van der Waals surface area contributed by atoms with E-state index in [9.17, 15) is 5.11 Å². The molecule has 0 aliphatic carbocycles. The third kappa shape index (κ3) is 4.72. The summed E-state index contributed by atoms with van der Waals surface area (Å²) in [6.07, 6.45) is 7.11. The van der Waals surface area contributed by atoms with Crippen molar-refractivity contribution in [3.8, 4) is 5.88 Å². The van der Waals surface area contributed by atoms with Crippen LogP contribution in [-0.2, 0) is 26.1 Å². The molecule has 1 aromatic carbocycles. The van der Waals surface area contributed by atoms with E-state index in [1.807, 2.05) is 36.5 Å². The van der Waals surface area contributed by atoms with Crippen LogP contribution in [-0.4, -0.2) is 31.2 Å². The fourth-order valence-corrected chi connectivity index (χ4v) is 4.36. The van der Waals surface area contributed by atoms with E-state index in [-0.39, 0.29) is 6.61 Å². The standard InChI is InChI=1S/C24H25ClN6O2/c25-21-11-29-24(26)19-2-1-17(9-20(19)21)28-10-15-3-5-27-23(8-15)33-14-16-4-6-31-12-18(13-32)30-22(31)7-16/h1-3,5,8-9,11-12,16,28,32H,4,6-7,10,13-14H2,(H2,26,29). The number of nitrogen functional groups attached to an aromatic ring is 1. The largest absolute Gasteiger partial charge is 0.477 e. The fraction of sp³-hybridized carbons (Fsp3) is 0.292. The molecule has 1 aliphatic heterocycles. The van der Waals surface area contributed by atoms with E-state index in [1.54, 1.807) is 12.4 Å². The number of aryl methyl sites for hydroxylation is 1. The number of aliphatic hydroxyl groups excluding tert-OH is 1. The van der Waals surface area contributed by atoms with Gasteiger partial charge in [-0.2, -0.15) is 0 Å². The van der Waals surface area contributed by atoms with Crippen LogP contribution in [0.2, 0.25) is 5.02 Å². The minimum Gasteiger partial charge on any atom is -0.477 e. The summed E-state index contributed by atoms with van der Waals surface area (Å²) in [6, 6.07) is 9.78. The Morgan fingerprint density at radius 3 is 3.00 bits per heavy atom. The van der Waals surface area contributed by atoms with Gasteiger partial charge in [-0.3, -0.25) is 0 Å². The van der Waals surface area contributed by atoms with Crippen molar-refractivity contribution in [2.45, 2.75) is 32.5 Å². The van der Waals surface area contributed by atoms with Gasteiger partial charge in [-0.05, 0) is 36.2 Å². The Bertz CT molecular complexity index is 1290. The highest BCUT2D eigenvalue weighted by Gasteiger charge is 2.21. The number of rotatable bonds is 7. The van der Waals surface area contributed by atoms with Crippen molar-refractivity contribution in [2.75, 3.05) is 17.7 Å². The quantitative estimate of drug-likeness (QED) is 0.381. The van der Waals surface area contributed by atoms with Gasteiger partial charge >= 0.3 is 0 Å². The van der Waals surface area contributed by atoms with E-state index in [1.165, 1.54) is 0 Å². The smallest absolute Gasteiger partial charge is 0.213 e. The molecule has 4 N–H and O–H groups in total. The summed E-state index contributed by atoms with van der Waals surface area (Å²) in [5.41, 5.74) is 8.67. The Morgan fingerprint density at radius 1 is 1.21 bits per heavy atom. The Morgan fingerprint density at radius 2 is 2.12 bits per heavy atom. The van der Waals surface area contributed by atoms with Crippen LogP contribution in [0.3, 0.4) is 0 Å². The number of aromatic nitrogens is 4. The van der Waals surface area contributed by atoms with Gasteiger partial charge in [-0.25, -0.2) is 15.0 Å². The van der Waals surface area contributed by atoms with Crippen molar-refractivity contribution in [3.63, 3.8) is 0 Å². The van der Waals surface area contributed by atoms with Crippen LogP contribution in [0, 0.1) is 5.92 Å². The van der Waals surface area contributed by atoms with Crippen molar-refractivity contribution >= 4 is 33.9 Å². The molecule has 1 aliphatic rings. The molecule has 0 radical (unpaired) electrons. The van der Waals surface area contributed by atoms with Crippen molar-refractivity contribution in [3.05, 3.63) is 71.0 Å². The molecule has 4 aromatic rings. The summed E-state index contributed by atoms with van der Waals surface area (Å²) in [4.78, 5) is 12.9. The van der Waals surface area contributed by atoms with Gasteiger partial charge in [0.2, 0.25) is 5.88 Å². The predicted octanol–water partition coefficient (Wildman–Crippen LogP) is 3.81. The maximum absolute atomic E-state index is 9.29. The summed E-state index contributed by atoms with van der Waals surface area (Å²) in [6.45, 7) is 2.08. The number of nitrogens with zero attached hydrogens (tertiary/aromatic N) is 4. The number of nitrogens with two attached hydrogens (primary N) is 1. The van der Waals surface area contributed by atoms with E-state index in [2.05, 4.69) is 24.8 Å². The normalized spacial score (nSPS) is 15.4. The molecule has 3 aromatic heterocycles. The zero-order chi connectivity index (χ0) is 22.8. The number of halogens is 1. The number of benzene rings is 1. The molecule has 33 heavy (non-hydrogen) atoms. The van der Waals surface area contributed by atoms with Gasteiger partial charge in [0, 0.05) is 66.5 Å². The molecular formula is C24H25ClN6O2. The van der Waals surface area contributed by atoms with Gasteiger partial charge < -0.3 is 25.5 Å². The number of hydrogen-bond acceptors (Lipinski definition) is 7. The summed E-state index contributed by atoms with van der Waals surface area (Å²) < 4.78 is 8.13. The number of anilines is 2. The fourth-order valence-electron chi connectivity index (χ4n) is 4.16. The van der Waals surface area contributed by atoms with Gasteiger partial charge in [-0.1, -0.05) is 11.6 Å². The van der Waals surface area contributed by atoms with Crippen LogP contribution < -0.4 is 15.8 Å². The first-order chi connectivity index (χ1) is 16.1. The second kappa shape index (κ2) is 9.25. The minimum atomic E-state index is -0.0244. The highest BCUT2D eigenvalue weighted by atomic mass is 35.5. The molecule has 0 spiro atoms. The maximum Gasteiger partial charge on any atom is 0.213 e. The zero-order valence-electron chi connectivity index (χ0n) is 18.0. The highest BCUT2D eigenvalue weighted by molar-refractivity contribution is 6.35. The van der Waals surface area contributed by atoms with Crippen LogP contribution >= 0.6 is 11.6 Å². The van der Waals surface area contributed by atoms with Crippen LogP contribution in [0.4, 0.5) is 11.5 Å². The Hall–Kier alpha value is -3.36. The average Bonchev–Trinajstić information content (AvgIpc) is 3.27. The van der Waals surface area contributed by atoms with Crippen LogP contribution in [0.1, 0.15) is 23.5 Å². The number of nitrogens with one attached hydrogen (secondary N) is 1. The number of fused-ring (bicyclic) bond motifs is 2. The molecule has 0 saturated heterocycles. The number of ether oxygens (including phenoxy) is 1. The first-order valence-corrected chi connectivity index (χ1v) is 11.3. The van der Waals surface area contributed by atoms with Crippen LogP contribution in [0.5, 0.6) is 5.88 Å². The summed E-state index contributed by atoms with van der Waals surface area (Å²) >= 11 is 6.29. The van der Waals surface area contributed by atoms with E-state index >= 15 is 0 Å². The molecule has 5 rings (SSSR count). The summed E-state index contributed by atoms with van der Waals surface area (Å²) in [7, 11) is 0. The number of aliphatic hydroxyl groups is 1. The third-order valence-electron chi connectivity index (χ3n) is 5.95. The summed E-state index contributed by atoms with van der Waals surface area (Å²) in [5.74, 6) is 2.46. The monoisotopic (exact) mass is 464 g/mol. The van der Waals surface area contributed by atoms with Crippen LogP contribution in [0.25, 0.3) is 10.8 Å². The Kier molecular flexibility index (Phi) is 6.02. The van der Waals surface area contributed by atoms with Gasteiger partial charge in [-0.15, -0.1) is 0 Å². The van der Waals surface area contributed by atoms with Gasteiger partial charge in [0.15, 0.2) is 0 Å². The number of hydrogen-bond donors (Lipinski definition) is 3. The lowest BCUT2D eigenvalue weighted by Gasteiger charge is -2.23. The van der Waals surface area contributed by atoms with Crippen molar-refractivity contribution in [1.82, 2.24) is 19.5 Å². The minimum absolute atomic E-state index is 0.0244. The first kappa shape index (κ1) is 21.5. The molecule has 170 valence electrons. The van der Waals surface area contributed by atoms with E-state index in [0.29, 0.717) is 35.8 Å². The van der Waals surface area contributed by atoms with Gasteiger partial charge in [0.05, 0.1) is 23.9 Å². The second-order valence-corrected chi connectivity index (χ2v) is 8.68. The Labute approximate surface area is 196 Å². The molecule has 8 nitrogen and oxygen atoms in total. The zero-order valence-corrected chi connectivity index (χ0v) is 18.8. The molecular weight excluding hydrogens is 440 g/mol. The molecule has 1 unspecified atom stereocenters. The number of pyridine rings is 2. The van der Waals surface area contributed by atoms with Gasteiger partial charge in [0.25, 0.3) is 0 Å². The van der Waals surface area contributed by atoms with Crippen molar-refractivity contribution in [2.24, 2.45) is 5.92 Å². The summed E-state index contributed by atoms with van der Waals surface area (Å²) in [5, 5.41) is 15.0. The lowest BCUT2D eigenvalue weighted by molar-refractivity contribution is 0.212. The van der Waals surface area contributed by atoms with Crippen molar-refractivity contribution < 1.29 is 9.84 Å². The topological polar surface area (TPSA) is 111 Å². The molecule has 0 fully saturated rings. The number of imidazole rings is 1. The second-order valence-electron chi connectivity index (χ2n) is 8.28. The van der Waals surface area contributed by atoms with Crippen molar-refractivity contribution in [1.29, 1.82) is 0 Å². The SMILES string of the molecule is Nc1ncc(Cl)c2cc(NCc3ccnc(OCC4CCn5cc(CO)nc5C4)c3)ccc12. The molecule has 9 heteroatoms. The lowest BCUT2D eigenvalue weighted by Crippen LogP contribution is -2.24. The molecule has 0 amide bonds. The predicted molar refractivity (Wildman–Crippen MR) is 128 cm³/mol. The Balaban J connectivity index is 1.19. The molecule has 0 bridgehead atoms. The lowest BCUT2D eigenvalue weighted by atomic mass is 9.99. The highest BCUT2D eigenvalue weighted by Crippen LogP contribution is 2.29. The average molecular weight is 465 g/mol.